The lowest BCUT2D eigenvalue weighted by atomic mass is 9.65. The number of rotatable bonds is 8. The fourth-order valence-electron chi connectivity index (χ4n) is 7.02. The Balaban J connectivity index is 1.34. The first-order valence-electron chi connectivity index (χ1n) is 13.6. The van der Waals surface area contributed by atoms with Crippen LogP contribution in [0.25, 0.3) is 10.8 Å². The van der Waals surface area contributed by atoms with Gasteiger partial charge in [0.15, 0.2) is 0 Å². The van der Waals surface area contributed by atoms with Crippen molar-refractivity contribution in [2.24, 2.45) is 11.8 Å². The first-order valence-corrected chi connectivity index (χ1v) is 13.6. The molecule has 7 nitrogen and oxygen atoms in total. The largest absolute Gasteiger partial charge is 0.493 e. The normalized spacial score (nSPS) is 27.0. The second-order valence-corrected chi connectivity index (χ2v) is 10.8. The van der Waals surface area contributed by atoms with Gasteiger partial charge in [-0.15, -0.1) is 0 Å². The summed E-state index contributed by atoms with van der Waals surface area (Å²) in [5, 5.41) is 20.1. The van der Waals surface area contributed by atoms with E-state index in [1.165, 1.54) is 4.90 Å². The maximum atomic E-state index is 14.2. The quantitative estimate of drug-likeness (QED) is 0.356. The average molecular weight is 520 g/mol. The van der Waals surface area contributed by atoms with Gasteiger partial charge in [-0.3, -0.25) is 9.59 Å². The van der Waals surface area contributed by atoms with Gasteiger partial charge in [-0.05, 0) is 55.7 Å². The van der Waals surface area contributed by atoms with E-state index >= 15 is 0 Å². The number of unbranched alkanes of at least 4 members (excludes halogenated alkanes) is 1. The van der Waals surface area contributed by atoms with E-state index in [2.05, 4.69) is 19.1 Å². The molecule has 196 valence electrons. The summed E-state index contributed by atoms with van der Waals surface area (Å²) in [4.78, 5) is 29.7. The Morgan fingerprint density at radius 3 is 2.21 bits per heavy atom. The SMILES string of the molecule is CCCCC12CCC(CCOc3ccc(C#N)cc3)(O1)C1C(=O)N(c3ccc(C#N)c4ccccc34)C(=O)C12. The first-order chi connectivity index (χ1) is 19.0. The van der Waals surface area contributed by atoms with Gasteiger partial charge in [0.2, 0.25) is 11.8 Å². The highest BCUT2D eigenvalue weighted by molar-refractivity contribution is 6.26. The molecule has 7 heteroatoms. The third-order valence-corrected chi connectivity index (χ3v) is 8.81. The summed E-state index contributed by atoms with van der Waals surface area (Å²) in [5.41, 5.74) is 0.175. The zero-order valence-electron chi connectivity index (χ0n) is 21.9. The molecule has 3 aromatic carbocycles. The summed E-state index contributed by atoms with van der Waals surface area (Å²) >= 11 is 0. The zero-order valence-corrected chi connectivity index (χ0v) is 21.9. The number of hydrogen-bond acceptors (Lipinski definition) is 6. The van der Waals surface area contributed by atoms with Crippen molar-refractivity contribution in [1.29, 1.82) is 10.5 Å². The number of nitrogens with zero attached hydrogens (tertiary/aromatic N) is 3. The maximum absolute atomic E-state index is 14.2. The van der Waals surface area contributed by atoms with Crippen LogP contribution < -0.4 is 9.64 Å². The molecule has 0 aliphatic carbocycles. The van der Waals surface area contributed by atoms with Crippen molar-refractivity contribution < 1.29 is 19.1 Å². The molecule has 0 aromatic heterocycles. The van der Waals surface area contributed by atoms with Gasteiger partial charge in [0.05, 0.1) is 58.6 Å². The van der Waals surface area contributed by atoms with Gasteiger partial charge < -0.3 is 9.47 Å². The topological polar surface area (TPSA) is 103 Å². The number of ether oxygens (including phenoxy) is 2. The number of carbonyl (C=O) groups excluding carboxylic acids is 2. The lowest BCUT2D eigenvalue weighted by Crippen LogP contribution is -2.43. The average Bonchev–Trinajstić information content (AvgIpc) is 3.57. The van der Waals surface area contributed by atoms with E-state index in [9.17, 15) is 14.9 Å². The van der Waals surface area contributed by atoms with Crippen molar-refractivity contribution in [1.82, 2.24) is 0 Å². The first kappa shape index (κ1) is 25.1. The van der Waals surface area contributed by atoms with Crippen molar-refractivity contribution in [3.8, 4) is 17.9 Å². The molecule has 3 aliphatic rings. The molecule has 3 aliphatic heterocycles. The summed E-state index contributed by atoms with van der Waals surface area (Å²) in [7, 11) is 0. The highest BCUT2D eigenvalue weighted by atomic mass is 16.5. The molecule has 6 rings (SSSR count). The van der Waals surface area contributed by atoms with Gasteiger partial charge in [-0.1, -0.05) is 44.0 Å². The summed E-state index contributed by atoms with van der Waals surface area (Å²) in [5.74, 6) is -0.888. The number of carbonyl (C=O) groups is 2. The molecule has 3 heterocycles. The van der Waals surface area contributed by atoms with Crippen molar-refractivity contribution in [3.05, 3.63) is 71.8 Å². The molecule has 4 atom stereocenters. The van der Waals surface area contributed by atoms with E-state index in [1.54, 1.807) is 36.4 Å². The molecule has 3 fully saturated rings. The number of anilines is 1. The standard InChI is InChI=1S/C32H29N3O4/c1-2-3-14-31-15-16-32(39-31,17-18-38-23-11-8-21(19-33)9-12-23)28-27(31)29(36)35(30(28)37)26-13-10-22(20-34)24-6-4-5-7-25(24)26/h4-13,27-28H,2-3,14-18H2,1H3. The van der Waals surface area contributed by atoms with Crippen LogP contribution >= 0.6 is 0 Å². The van der Waals surface area contributed by atoms with Crippen LogP contribution in [0.3, 0.4) is 0 Å². The molecule has 0 saturated carbocycles. The number of hydrogen-bond donors (Lipinski definition) is 0. The maximum Gasteiger partial charge on any atom is 0.240 e. The molecular weight excluding hydrogens is 490 g/mol. The highest BCUT2D eigenvalue weighted by Crippen LogP contribution is 2.64. The predicted octanol–water partition coefficient (Wildman–Crippen LogP) is 5.65. The van der Waals surface area contributed by atoms with Crippen molar-refractivity contribution in [3.63, 3.8) is 0 Å². The van der Waals surface area contributed by atoms with Crippen LogP contribution in [-0.2, 0) is 14.3 Å². The van der Waals surface area contributed by atoms with Crippen LogP contribution in [0.15, 0.2) is 60.7 Å². The second kappa shape index (κ2) is 9.52. The highest BCUT2D eigenvalue weighted by Gasteiger charge is 2.75. The number of nitriles is 2. The van der Waals surface area contributed by atoms with Crippen molar-refractivity contribution in [2.75, 3.05) is 11.5 Å². The van der Waals surface area contributed by atoms with Gasteiger partial charge in [0, 0.05) is 17.2 Å². The zero-order chi connectivity index (χ0) is 27.2. The van der Waals surface area contributed by atoms with Gasteiger partial charge in [-0.25, -0.2) is 4.90 Å². The Morgan fingerprint density at radius 2 is 1.56 bits per heavy atom. The van der Waals surface area contributed by atoms with Crippen LogP contribution in [0.2, 0.25) is 0 Å². The lowest BCUT2D eigenvalue weighted by Gasteiger charge is -2.31. The van der Waals surface area contributed by atoms with Gasteiger partial charge in [-0.2, -0.15) is 10.5 Å². The Labute approximate surface area is 227 Å². The van der Waals surface area contributed by atoms with E-state index in [-0.39, 0.29) is 11.8 Å². The second-order valence-electron chi connectivity index (χ2n) is 10.8. The lowest BCUT2D eigenvalue weighted by molar-refractivity contribution is -0.132. The Hall–Kier alpha value is -4.20. The minimum absolute atomic E-state index is 0.203. The number of benzene rings is 3. The summed E-state index contributed by atoms with van der Waals surface area (Å²) in [6.45, 7) is 2.45. The number of fused-ring (bicyclic) bond motifs is 6. The minimum atomic E-state index is -0.769. The van der Waals surface area contributed by atoms with Gasteiger partial charge in [0.25, 0.3) is 0 Å². The molecule has 4 unspecified atom stereocenters. The van der Waals surface area contributed by atoms with E-state index in [1.807, 2.05) is 24.3 Å². The van der Waals surface area contributed by atoms with E-state index in [0.717, 1.165) is 31.1 Å². The molecule has 0 N–H and O–H groups in total. The fourth-order valence-corrected chi connectivity index (χ4v) is 7.02. The van der Waals surface area contributed by atoms with E-state index in [0.29, 0.717) is 47.4 Å². The molecule has 39 heavy (non-hydrogen) atoms. The Morgan fingerprint density at radius 1 is 0.897 bits per heavy atom. The third-order valence-electron chi connectivity index (χ3n) is 8.81. The summed E-state index contributed by atoms with van der Waals surface area (Å²) in [6.07, 6.45) is 4.57. The molecule has 0 spiro atoms. The fraction of sp³-hybridized carbons (Fsp3) is 0.375. The molecule has 2 amide bonds. The van der Waals surface area contributed by atoms with Gasteiger partial charge >= 0.3 is 0 Å². The van der Waals surface area contributed by atoms with E-state index in [4.69, 9.17) is 14.7 Å². The smallest absolute Gasteiger partial charge is 0.240 e. The minimum Gasteiger partial charge on any atom is -0.493 e. The number of amides is 2. The Kier molecular flexibility index (Phi) is 6.13. The molecule has 0 radical (unpaired) electrons. The van der Waals surface area contributed by atoms with Crippen molar-refractivity contribution >= 4 is 28.3 Å². The summed E-state index contributed by atoms with van der Waals surface area (Å²) in [6, 6.07) is 22.1. The van der Waals surface area contributed by atoms with Crippen LogP contribution in [0.4, 0.5) is 5.69 Å². The van der Waals surface area contributed by atoms with Crippen LogP contribution in [0, 0.1) is 34.5 Å². The molecule has 3 aromatic rings. The molecule has 2 bridgehead atoms. The van der Waals surface area contributed by atoms with E-state index < -0.39 is 23.0 Å². The monoisotopic (exact) mass is 519 g/mol. The van der Waals surface area contributed by atoms with Crippen LogP contribution in [-0.4, -0.2) is 29.6 Å². The summed E-state index contributed by atoms with van der Waals surface area (Å²) < 4.78 is 12.8. The van der Waals surface area contributed by atoms with Crippen LogP contribution in [0.1, 0.15) is 56.6 Å². The Bertz CT molecular complexity index is 1550. The predicted molar refractivity (Wildman–Crippen MR) is 145 cm³/mol. The van der Waals surface area contributed by atoms with Crippen LogP contribution in [0.5, 0.6) is 5.75 Å². The van der Waals surface area contributed by atoms with Crippen molar-refractivity contribution in [2.45, 2.75) is 56.7 Å². The number of imide groups is 1. The van der Waals surface area contributed by atoms with Gasteiger partial charge in [0.1, 0.15) is 5.75 Å². The third kappa shape index (κ3) is 3.80. The molecular formula is C32H29N3O4. The molecule has 3 saturated heterocycles.